The third-order valence-electron chi connectivity index (χ3n) is 2.31. The van der Waals surface area contributed by atoms with E-state index in [0.29, 0.717) is 0 Å². The summed E-state index contributed by atoms with van der Waals surface area (Å²) in [6, 6.07) is 2.90. The Labute approximate surface area is 120 Å². The molecule has 0 aromatic carbocycles. The highest BCUT2D eigenvalue weighted by atomic mass is 16.3. The van der Waals surface area contributed by atoms with Crippen LogP contribution >= 0.6 is 0 Å². The second kappa shape index (κ2) is 6.30. The number of aromatic nitrogens is 2. The fraction of sp³-hybridized carbons (Fsp3) is 0.0909. The van der Waals surface area contributed by atoms with Gasteiger partial charge in [-0.3, -0.25) is 24.4 Å². The van der Waals surface area contributed by atoms with Crippen LogP contribution in [0.15, 0.2) is 42.6 Å². The Morgan fingerprint density at radius 3 is 2.73 bits per heavy atom. The van der Waals surface area contributed by atoms with Gasteiger partial charge in [-0.2, -0.15) is 0 Å². The first-order chi connectivity index (χ1) is 10.5. The number of amides is 2. The van der Waals surface area contributed by atoms with E-state index in [1.54, 1.807) is 4.98 Å². The van der Waals surface area contributed by atoms with E-state index in [4.69, 9.17) is 4.42 Å². The summed E-state index contributed by atoms with van der Waals surface area (Å²) in [7, 11) is 0. The second-order valence-corrected chi connectivity index (χ2v) is 3.86. The second-order valence-electron chi connectivity index (χ2n) is 3.86. The van der Waals surface area contributed by atoms with Gasteiger partial charge in [-0.05, 0) is 12.1 Å². The molecule has 0 saturated carbocycles. The SMILES string of the molecule is O=C(CNC(=O)c1ccco1)N=Nc1c(O)[nH]c(=O)[nH]c1=O. The first-order valence-electron chi connectivity index (χ1n) is 5.79. The fourth-order valence-corrected chi connectivity index (χ4v) is 1.35. The van der Waals surface area contributed by atoms with Crippen molar-refractivity contribution in [2.75, 3.05) is 6.54 Å². The van der Waals surface area contributed by atoms with Crippen LogP contribution in [-0.2, 0) is 4.79 Å². The first-order valence-corrected chi connectivity index (χ1v) is 5.79. The summed E-state index contributed by atoms with van der Waals surface area (Å²) in [5.74, 6) is -2.33. The molecule has 0 saturated heterocycles. The van der Waals surface area contributed by atoms with Gasteiger partial charge in [0.05, 0.1) is 6.26 Å². The lowest BCUT2D eigenvalue weighted by Gasteiger charge is -1.98. The molecular formula is C11H9N5O6. The van der Waals surface area contributed by atoms with Crippen molar-refractivity contribution in [3.63, 3.8) is 0 Å². The quantitative estimate of drug-likeness (QED) is 0.549. The van der Waals surface area contributed by atoms with Crippen LogP contribution in [0.3, 0.4) is 0 Å². The molecule has 0 aliphatic rings. The zero-order valence-electron chi connectivity index (χ0n) is 10.8. The Kier molecular flexibility index (Phi) is 4.27. The lowest BCUT2D eigenvalue weighted by molar-refractivity contribution is -0.117. The number of azo groups is 1. The van der Waals surface area contributed by atoms with Gasteiger partial charge in [-0.1, -0.05) is 0 Å². The summed E-state index contributed by atoms with van der Waals surface area (Å²) in [6.07, 6.45) is 1.29. The largest absolute Gasteiger partial charge is 0.493 e. The van der Waals surface area contributed by atoms with Gasteiger partial charge >= 0.3 is 5.69 Å². The number of rotatable bonds is 4. The maximum Gasteiger partial charge on any atom is 0.328 e. The molecule has 11 heteroatoms. The van der Waals surface area contributed by atoms with Crippen molar-refractivity contribution in [2.45, 2.75) is 0 Å². The number of carbonyl (C=O) groups excluding carboxylic acids is 2. The van der Waals surface area contributed by atoms with E-state index in [2.05, 4.69) is 15.5 Å². The third-order valence-corrected chi connectivity index (χ3v) is 2.31. The molecule has 0 atom stereocenters. The summed E-state index contributed by atoms with van der Waals surface area (Å²) < 4.78 is 4.81. The molecule has 2 aromatic heterocycles. The third kappa shape index (κ3) is 3.53. The zero-order valence-corrected chi connectivity index (χ0v) is 10.8. The van der Waals surface area contributed by atoms with Gasteiger partial charge in [0, 0.05) is 0 Å². The lowest BCUT2D eigenvalue weighted by Crippen LogP contribution is -2.28. The van der Waals surface area contributed by atoms with Gasteiger partial charge in [0.2, 0.25) is 11.6 Å². The van der Waals surface area contributed by atoms with Crippen LogP contribution in [0.2, 0.25) is 0 Å². The molecule has 0 spiro atoms. The number of nitrogens with one attached hydrogen (secondary N) is 3. The average Bonchev–Trinajstić information content (AvgIpc) is 2.97. The number of hydrogen-bond donors (Lipinski definition) is 4. The number of furan rings is 1. The van der Waals surface area contributed by atoms with Crippen molar-refractivity contribution in [3.8, 4) is 5.88 Å². The Morgan fingerprint density at radius 1 is 1.32 bits per heavy atom. The summed E-state index contributed by atoms with van der Waals surface area (Å²) in [4.78, 5) is 48.7. The molecule has 0 bridgehead atoms. The highest BCUT2D eigenvalue weighted by molar-refractivity contribution is 5.94. The highest BCUT2D eigenvalue weighted by Gasteiger charge is 2.11. The van der Waals surface area contributed by atoms with Crippen molar-refractivity contribution in [1.29, 1.82) is 0 Å². The normalized spacial score (nSPS) is 10.7. The van der Waals surface area contributed by atoms with Crippen LogP contribution in [0.1, 0.15) is 10.6 Å². The maximum absolute atomic E-state index is 11.5. The topological polar surface area (TPSA) is 170 Å². The number of aromatic hydroxyl groups is 1. The Bertz CT molecular complexity index is 831. The van der Waals surface area contributed by atoms with Crippen LogP contribution in [0, 0.1) is 0 Å². The molecule has 4 N–H and O–H groups in total. The standard InChI is InChI=1S/C11H9N5O6/c17-6(4-12-8(18)5-2-1-3-22-5)15-16-7-9(19)13-11(21)14-10(7)20/h1-3H,4H2,(H,12,18)(H3,13,14,19,20,21). The molecule has 22 heavy (non-hydrogen) atoms. The summed E-state index contributed by atoms with van der Waals surface area (Å²) in [5.41, 5.74) is -2.58. The van der Waals surface area contributed by atoms with Crippen molar-refractivity contribution in [3.05, 3.63) is 45.0 Å². The van der Waals surface area contributed by atoms with E-state index in [-0.39, 0.29) is 5.76 Å². The minimum absolute atomic E-state index is 0.0134. The highest BCUT2D eigenvalue weighted by Crippen LogP contribution is 2.15. The van der Waals surface area contributed by atoms with Crippen LogP contribution in [-0.4, -0.2) is 33.4 Å². The molecule has 0 radical (unpaired) electrons. The van der Waals surface area contributed by atoms with Crippen LogP contribution in [0.4, 0.5) is 5.69 Å². The average molecular weight is 307 g/mol. The van der Waals surface area contributed by atoms with Crippen LogP contribution in [0.25, 0.3) is 0 Å². The van der Waals surface area contributed by atoms with Crippen LogP contribution < -0.4 is 16.6 Å². The molecule has 0 aliphatic heterocycles. The van der Waals surface area contributed by atoms with Gasteiger partial charge in [0.1, 0.15) is 6.54 Å². The number of H-pyrrole nitrogens is 2. The fourth-order valence-electron chi connectivity index (χ4n) is 1.35. The Balaban J connectivity index is 1.99. The minimum atomic E-state index is -1.02. The van der Waals surface area contributed by atoms with E-state index < -0.39 is 41.2 Å². The molecule has 2 amide bonds. The summed E-state index contributed by atoms with van der Waals surface area (Å²) in [5, 5.41) is 17.9. The minimum Gasteiger partial charge on any atom is -0.493 e. The maximum atomic E-state index is 11.5. The number of aromatic amines is 2. The zero-order chi connectivity index (χ0) is 16.1. The Morgan fingerprint density at radius 2 is 2.09 bits per heavy atom. The summed E-state index contributed by atoms with van der Waals surface area (Å²) in [6.45, 7) is -0.495. The molecule has 11 nitrogen and oxygen atoms in total. The number of hydrogen-bond acceptors (Lipinski definition) is 7. The smallest absolute Gasteiger partial charge is 0.328 e. The monoisotopic (exact) mass is 307 g/mol. The van der Waals surface area contributed by atoms with Crippen LogP contribution in [0.5, 0.6) is 5.88 Å². The van der Waals surface area contributed by atoms with E-state index in [1.807, 2.05) is 4.98 Å². The number of nitrogens with zero attached hydrogens (tertiary/aromatic N) is 2. The molecule has 0 unspecified atom stereocenters. The van der Waals surface area contributed by atoms with Crippen molar-refractivity contribution >= 4 is 17.5 Å². The van der Waals surface area contributed by atoms with E-state index in [1.165, 1.54) is 18.4 Å². The van der Waals surface area contributed by atoms with Crippen molar-refractivity contribution in [2.24, 2.45) is 10.2 Å². The predicted molar refractivity (Wildman–Crippen MR) is 69.9 cm³/mol. The molecule has 0 fully saturated rings. The van der Waals surface area contributed by atoms with Gasteiger partial charge < -0.3 is 14.8 Å². The van der Waals surface area contributed by atoms with Crippen molar-refractivity contribution in [1.82, 2.24) is 15.3 Å². The lowest BCUT2D eigenvalue weighted by atomic mass is 10.4. The molecule has 2 aromatic rings. The molecule has 0 aliphatic carbocycles. The molecule has 2 rings (SSSR count). The van der Waals surface area contributed by atoms with E-state index in [0.717, 1.165) is 0 Å². The van der Waals surface area contributed by atoms with E-state index >= 15 is 0 Å². The molecular weight excluding hydrogens is 298 g/mol. The van der Waals surface area contributed by atoms with Crippen molar-refractivity contribution < 1.29 is 19.1 Å². The van der Waals surface area contributed by atoms with Gasteiger partial charge in [0.25, 0.3) is 17.4 Å². The molecule has 2 heterocycles. The van der Waals surface area contributed by atoms with Gasteiger partial charge in [-0.25, -0.2) is 4.79 Å². The predicted octanol–water partition coefficient (Wildman–Crippen LogP) is -0.598. The van der Waals surface area contributed by atoms with Gasteiger partial charge in [0.15, 0.2) is 5.76 Å². The van der Waals surface area contributed by atoms with Gasteiger partial charge in [-0.15, -0.1) is 10.2 Å². The molecule has 114 valence electrons. The first kappa shape index (κ1) is 14.9. The Hall–Kier alpha value is -3.50. The number of carbonyl (C=O) groups is 2. The van der Waals surface area contributed by atoms with E-state index in [9.17, 15) is 24.3 Å². The summed E-state index contributed by atoms with van der Waals surface area (Å²) >= 11 is 0.